The summed E-state index contributed by atoms with van der Waals surface area (Å²) < 4.78 is 26.0. The van der Waals surface area contributed by atoms with Gasteiger partial charge in [-0.3, -0.25) is 4.98 Å². The fourth-order valence-corrected chi connectivity index (χ4v) is 1.73. The van der Waals surface area contributed by atoms with Gasteiger partial charge in [-0.25, -0.2) is 8.78 Å². The van der Waals surface area contributed by atoms with Crippen molar-refractivity contribution in [1.29, 1.82) is 0 Å². The van der Waals surface area contributed by atoms with Crippen molar-refractivity contribution in [2.75, 3.05) is 18.5 Å². The number of benzene rings is 1. The summed E-state index contributed by atoms with van der Waals surface area (Å²) in [5.41, 5.74) is 2.11. The van der Waals surface area contributed by atoms with Crippen LogP contribution in [0.2, 0.25) is 0 Å². The molecule has 0 aliphatic heterocycles. The van der Waals surface area contributed by atoms with E-state index in [9.17, 15) is 8.78 Å². The molecule has 96 valence electrons. The number of hydrogen-bond donors (Lipinski definition) is 2. The van der Waals surface area contributed by atoms with Crippen molar-refractivity contribution in [3.8, 4) is 0 Å². The van der Waals surface area contributed by atoms with Crippen LogP contribution in [0.4, 0.5) is 14.5 Å². The zero-order valence-electron chi connectivity index (χ0n) is 9.95. The van der Waals surface area contributed by atoms with Crippen molar-refractivity contribution in [3.05, 3.63) is 36.0 Å². The molecule has 2 aromatic rings. The number of halogens is 2. The van der Waals surface area contributed by atoms with E-state index in [4.69, 9.17) is 5.11 Å². The van der Waals surface area contributed by atoms with E-state index in [1.54, 1.807) is 6.07 Å². The van der Waals surface area contributed by atoms with Crippen LogP contribution in [0.25, 0.3) is 10.9 Å². The number of aromatic nitrogens is 1. The van der Waals surface area contributed by atoms with Crippen LogP contribution in [0.3, 0.4) is 0 Å². The zero-order chi connectivity index (χ0) is 13.2. The molecule has 0 aliphatic rings. The Balaban J connectivity index is 2.33. The first-order chi connectivity index (χ1) is 8.52. The maximum absolute atomic E-state index is 13.0. The smallest absolute Gasteiger partial charge is 0.287 e. The lowest BCUT2D eigenvalue weighted by molar-refractivity contribution is -0.0372. The molecule has 0 amide bonds. The van der Waals surface area contributed by atoms with Crippen LogP contribution in [0.1, 0.15) is 5.69 Å². The Morgan fingerprint density at radius 1 is 1.33 bits per heavy atom. The van der Waals surface area contributed by atoms with Crippen LogP contribution in [0.5, 0.6) is 0 Å². The molecule has 0 saturated heterocycles. The number of aliphatic hydroxyl groups excluding tert-OH is 1. The maximum atomic E-state index is 13.0. The minimum absolute atomic E-state index is 0.600. The molecule has 0 atom stereocenters. The van der Waals surface area contributed by atoms with Gasteiger partial charge in [-0.05, 0) is 19.1 Å². The third kappa shape index (κ3) is 2.73. The highest BCUT2D eigenvalue weighted by Gasteiger charge is 2.27. The second-order valence-electron chi connectivity index (χ2n) is 4.20. The number of rotatable bonds is 4. The highest BCUT2D eigenvalue weighted by atomic mass is 19.3. The van der Waals surface area contributed by atoms with Crippen LogP contribution in [-0.2, 0) is 0 Å². The topological polar surface area (TPSA) is 45.1 Å². The van der Waals surface area contributed by atoms with Crippen LogP contribution < -0.4 is 5.32 Å². The quantitative estimate of drug-likeness (QED) is 0.879. The van der Waals surface area contributed by atoms with E-state index in [1.165, 1.54) is 0 Å². The molecule has 0 spiro atoms. The van der Waals surface area contributed by atoms with Crippen molar-refractivity contribution in [3.63, 3.8) is 0 Å². The van der Waals surface area contributed by atoms with Gasteiger partial charge in [0.1, 0.15) is 6.61 Å². The molecule has 3 nitrogen and oxygen atoms in total. The Kier molecular flexibility index (Phi) is 3.43. The summed E-state index contributed by atoms with van der Waals surface area (Å²) in [7, 11) is 0. The molecule has 0 fully saturated rings. The minimum atomic E-state index is -3.13. The summed E-state index contributed by atoms with van der Waals surface area (Å²) in [5.74, 6) is -3.13. The van der Waals surface area contributed by atoms with Gasteiger partial charge in [0.2, 0.25) is 0 Å². The molecule has 1 aromatic carbocycles. The molecule has 0 aliphatic carbocycles. The molecule has 2 N–H and O–H groups in total. The third-order valence-electron chi connectivity index (χ3n) is 2.61. The monoisotopic (exact) mass is 252 g/mol. The number of aryl methyl sites for hydroxylation is 1. The first kappa shape index (κ1) is 12.7. The molecule has 0 unspecified atom stereocenters. The standard InChI is InChI=1S/C13H14F2N2O/c1-9-6-12(16-7-13(14,15)8-18)10-4-2-3-5-11(10)17-9/h2-6,18H,7-8H2,1H3,(H,16,17). The fraction of sp³-hybridized carbons (Fsp3) is 0.308. The first-order valence-corrected chi connectivity index (χ1v) is 5.61. The van der Waals surface area contributed by atoms with Crippen molar-refractivity contribution in [2.45, 2.75) is 12.8 Å². The number of para-hydroxylation sites is 1. The lowest BCUT2D eigenvalue weighted by Gasteiger charge is -2.16. The molecule has 5 heteroatoms. The van der Waals surface area contributed by atoms with Crippen LogP contribution in [0.15, 0.2) is 30.3 Å². The fourth-order valence-electron chi connectivity index (χ4n) is 1.73. The molecule has 0 radical (unpaired) electrons. The van der Waals surface area contributed by atoms with Crippen molar-refractivity contribution in [2.24, 2.45) is 0 Å². The van der Waals surface area contributed by atoms with Gasteiger partial charge >= 0.3 is 0 Å². The van der Waals surface area contributed by atoms with Gasteiger partial charge in [-0.1, -0.05) is 18.2 Å². The maximum Gasteiger partial charge on any atom is 0.287 e. The summed E-state index contributed by atoms with van der Waals surface area (Å²) in [4.78, 5) is 4.32. The van der Waals surface area contributed by atoms with E-state index in [0.717, 1.165) is 16.6 Å². The second-order valence-corrected chi connectivity index (χ2v) is 4.20. The Hall–Kier alpha value is -1.75. The molecule has 18 heavy (non-hydrogen) atoms. The number of anilines is 1. The van der Waals surface area contributed by atoms with Gasteiger partial charge in [0, 0.05) is 16.8 Å². The van der Waals surface area contributed by atoms with Crippen LogP contribution >= 0.6 is 0 Å². The molecule has 1 aromatic heterocycles. The Bertz CT molecular complexity index is 558. The van der Waals surface area contributed by atoms with E-state index in [-0.39, 0.29) is 0 Å². The molecule has 0 bridgehead atoms. The Labute approximate surface area is 103 Å². The molecular weight excluding hydrogens is 238 g/mol. The van der Waals surface area contributed by atoms with Gasteiger partial charge in [-0.2, -0.15) is 0 Å². The van der Waals surface area contributed by atoms with Crippen molar-refractivity contribution in [1.82, 2.24) is 4.98 Å². The molecule has 0 saturated carbocycles. The lowest BCUT2D eigenvalue weighted by Crippen LogP contribution is -2.31. The molecular formula is C13H14F2N2O. The predicted octanol–water partition coefficient (Wildman–Crippen LogP) is 2.58. The highest BCUT2D eigenvalue weighted by molar-refractivity contribution is 5.91. The summed E-state index contributed by atoms with van der Waals surface area (Å²) in [5, 5.41) is 12.0. The van der Waals surface area contributed by atoms with Crippen molar-refractivity contribution < 1.29 is 13.9 Å². The summed E-state index contributed by atoms with van der Waals surface area (Å²) in [6.07, 6.45) is 0. The van der Waals surface area contributed by atoms with E-state index in [0.29, 0.717) is 5.69 Å². The predicted molar refractivity (Wildman–Crippen MR) is 67.0 cm³/mol. The Morgan fingerprint density at radius 2 is 2.06 bits per heavy atom. The summed E-state index contributed by atoms with van der Waals surface area (Å²) in [6, 6.07) is 9.05. The first-order valence-electron chi connectivity index (χ1n) is 5.61. The van der Waals surface area contributed by atoms with E-state index >= 15 is 0 Å². The van der Waals surface area contributed by atoms with Gasteiger partial charge in [-0.15, -0.1) is 0 Å². The average molecular weight is 252 g/mol. The number of nitrogens with zero attached hydrogens (tertiary/aromatic N) is 1. The zero-order valence-corrected chi connectivity index (χ0v) is 9.95. The highest BCUT2D eigenvalue weighted by Crippen LogP contribution is 2.24. The lowest BCUT2D eigenvalue weighted by atomic mass is 10.1. The summed E-state index contributed by atoms with van der Waals surface area (Å²) in [6.45, 7) is 0.0424. The number of hydrogen-bond acceptors (Lipinski definition) is 3. The number of alkyl halides is 2. The number of pyridine rings is 1. The SMILES string of the molecule is Cc1cc(NCC(F)(F)CO)c2ccccc2n1. The Morgan fingerprint density at radius 3 is 2.78 bits per heavy atom. The van der Waals surface area contributed by atoms with E-state index < -0.39 is 19.1 Å². The normalized spacial score (nSPS) is 11.8. The second kappa shape index (κ2) is 4.86. The average Bonchev–Trinajstić information content (AvgIpc) is 2.36. The largest absolute Gasteiger partial charge is 0.390 e. The molecule has 1 heterocycles. The van der Waals surface area contributed by atoms with Gasteiger partial charge < -0.3 is 10.4 Å². The number of aliphatic hydroxyl groups is 1. The van der Waals surface area contributed by atoms with E-state index in [1.807, 2.05) is 31.2 Å². The van der Waals surface area contributed by atoms with Crippen LogP contribution in [-0.4, -0.2) is 29.2 Å². The van der Waals surface area contributed by atoms with Gasteiger partial charge in [0.25, 0.3) is 5.92 Å². The van der Waals surface area contributed by atoms with E-state index in [2.05, 4.69) is 10.3 Å². The molecule has 2 rings (SSSR count). The summed E-state index contributed by atoms with van der Waals surface area (Å²) >= 11 is 0. The third-order valence-corrected chi connectivity index (χ3v) is 2.61. The minimum Gasteiger partial charge on any atom is -0.390 e. The number of nitrogens with one attached hydrogen (secondary N) is 1. The van der Waals surface area contributed by atoms with Gasteiger partial charge in [0.15, 0.2) is 0 Å². The number of fused-ring (bicyclic) bond motifs is 1. The van der Waals surface area contributed by atoms with Gasteiger partial charge in [0.05, 0.1) is 12.1 Å². The van der Waals surface area contributed by atoms with Crippen molar-refractivity contribution >= 4 is 16.6 Å². The van der Waals surface area contributed by atoms with Crippen LogP contribution in [0, 0.1) is 6.92 Å².